The number of anilines is 1. The van der Waals surface area contributed by atoms with E-state index in [-0.39, 0.29) is 17.6 Å². The Morgan fingerprint density at radius 1 is 0.939 bits per heavy atom. The molecular formula is C28H21ClN2O2. The Hall–Kier alpha value is -3.76. The summed E-state index contributed by atoms with van der Waals surface area (Å²) in [5.41, 5.74) is 5.35. The van der Waals surface area contributed by atoms with Gasteiger partial charge in [0.2, 0.25) is 0 Å². The van der Waals surface area contributed by atoms with E-state index >= 15 is 0 Å². The van der Waals surface area contributed by atoms with Crippen LogP contribution >= 0.6 is 11.6 Å². The van der Waals surface area contributed by atoms with Gasteiger partial charge in [-0.2, -0.15) is 0 Å². The van der Waals surface area contributed by atoms with Crippen LogP contribution in [-0.4, -0.2) is 28.4 Å². The molecule has 4 aromatic carbocycles. The van der Waals surface area contributed by atoms with Gasteiger partial charge in [-0.15, -0.1) is 11.6 Å². The standard InChI is InChI=1S/C28H21ClN2O2/c29-15-18-16-31(25-14-26(32)20-9-4-5-10-21(20)27(18)25)28(33)24-13-22-19(11-6-12-23(22)30-24)17-7-2-1-3-8-17/h1-14,18,30,32H,15-16H2/t18-/m1/s1. The molecule has 1 aliphatic heterocycles. The molecule has 0 fully saturated rings. The molecule has 0 radical (unpaired) electrons. The van der Waals surface area contributed by atoms with Gasteiger partial charge in [0.1, 0.15) is 11.4 Å². The van der Waals surface area contributed by atoms with Gasteiger partial charge < -0.3 is 15.0 Å². The van der Waals surface area contributed by atoms with E-state index < -0.39 is 0 Å². The van der Waals surface area contributed by atoms with Crippen LogP contribution in [0.5, 0.6) is 5.75 Å². The molecule has 1 atom stereocenters. The van der Waals surface area contributed by atoms with Crippen molar-refractivity contribution in [3.05, 3.63) is 96.2 Å². The molecule has 0 saturated heterocycles. The zero-order valence-corrected chi connectivity index (χ0v) is 18.5. The van der Waals surface area contributed by atoms with E-state index in [4.69, 9.17) is 11.6 Å². The normalized spacial score (nSPS) is 15.3. The molecule has 5 heteroatoms. The Bertz CT molecular complexity index is 1520. The Kier molecular flexibility index (Phi) is 4.63. The van der Waals surface area contributed by atoms with Gasteiger partial charge >= 0.3 is 0 Å². The number of alkyl halides is 1. The van der Waals surface area contributed by atoms with Crippen LogP contribution in [0.3, 0.4) is 0 Å². The number of phenols is 1. The van der Waals surface area contributed by atoms with Gasteiger partial charge in [-0.05, 0) is 34.2 Å². The molecule has 0 unspecified atom stereocenters. The van der Waals surface area contributed by atoms with Crippen molar-refractivity contribution < 1.29 is 9.90 Å². The number of benzene rings is 4. The fraction of sp³-hybridized carbons (Fsp3) is 0.107. The van der Waals surface area contributed by atoms with Crippen LogP contribution in [0.1, 0.15) is 22.0 Å². The lowest BCUT2D eigenvalue weighted by Crippen LogP contribution is -2.30. The number of aromatic hydroxyl groups is 1. The summed E-state index contributed by atoms with van der Waals surface area (Å²) < 4.78 is 0. The number of hydrogen-bond donors (Lipinski definition) is 2. The molecule has 0 spiro atoms. The second kappa shape index (κ2) is 7.68. The molecule has 0 bridgehead atoms. The van der Waals surface area contributed by atoms with E-state index in [1.165, 1.54) is 0 Å². The van der Waals surface area contributed by atoms with E-state index in [9.17, 15) is 9.90 Å². The van der Waals surface area contributed by atoms with Crippen molar-refractivity contribution in [2.45, 2.75) is 5.92 Å². The number of nitrogens with one attached hydrogen (secondary N) is 1. The maximum atomic E-state index is 13.7. The molecule has 0 saturated carbocycles. The number of rotatable bonds is 3. The molecule has 33 heavy (non-hydrogen) atoms. The van der Waals surface area contributed by atoms with Gasteiger partial charge in [-0.3, -0.25) is 4.79 Å². The largest absolute Gasteiger partial charge is 0.507 e. The number of aromatic amines is 1. The summed E-state index contributed by atoms with van der Waals surface area (Å²) in [6.07, 6.45) is 0. The maximum absolute atomic E-state index is 13.7. The second-order valence-corrected chi connectivity index (χ2v) is 8.77. The monoisotopic (exact) mass is 452 g/mol. The Labute approximate surface area is 196 Å². The quantitative estimate of drug-likeness (QED) is 0.300. The number of fused-ring (bicyclic) bond motifs is 4. The SMILES string of the molecule is O=C(c1cc2c(-c3ccccc3)cccc2[nH]1)N1C[C@@H](CCl)c2c1cc(O)c1ccccc21. The molecule has 1 aromatic heterocycles. The number of H-pyrrole nitrogens is 1. The summed E-state index contributed by atoms with van der Waals surface area (Å²) >= 11 is 6.34. The molecule has 162 valence electrons. The lowest BCUT2D eigenvalue weighted by atomic mass is 9.95. The van der Waals surface area contributed by atoms with Gasteiger partial charge in [-0.25, -0.2) is 0 Å². The van der Waals surface area contributed by atoms with Crippen molar-refractivity contribution in [3.63, 3.8) is 0 Å². The average Bonchev–Trinajstić information content (AvgIpc) is 3.46. The molecular weight excluding hydrogens is 432 g/mol. The Morgan fingerprint density at radius 3 is 2.48 bits per heavy atom. The van der Waals surface area contributed by atoms with Crippen LogP contribution in [-0.2, 0) is 0 Å². The molecule has 2 heterocycles. The van der Waals surface area contributed by atoms with Gasteiger partial charge in [0.15, 0.2) is 0 Å². The molecule has 2 N–H and O–H groups in total. The molecule has 4 nitrogen and oxygen atoms in total. The number of aromatic nitrogens is 1. The van der Waals surface area contributed by atoms with Crippen LogP contribution < -0.4 is 4.90 Å². The zero-order chi connectivity index (χ0) is 22.5. The van der Waals surface area contributed by atoms with Crippen LogP contribution in [0.25, 0.3) is 32.8 Å². The highest BCUT2D eigenvalue weighted by Gasteiger charge is 2.35. The van der Waals surface area contributed by atoms with E-state index in [2.05, 4.69) is 23.2 Å². The lowest BCUT2D eigenvalue weighted by molar-refractivity contribution is 0.0984. The molecule has 0 aliphatic carbocycles. The number of hydrogen-bond acceptors (Lipinski definition) is 2. The minimum absolute atomic E-state index is 0.000347. The van der Waals surface area contributed by atoms with E-state index in [0.717, 1.165) is 44.1 Å². The van der Waals surface area contributed by atoms with E-state index in [1.54, 1.807) is 11.0 Å². The first-order chi connectivity index (χ1) is 16.2. The third kappa shape index (κ3) is 3.10. The summed E-state index contributed by atoms with van der Waals surface area (Å²) in [5, 5.41) is 13.4. The van der Waals surface area contributed by atoms with Crippen molar-refractivity contribution in [1.29, 1.82) is 0 Å². The highest BCUT2D eigenvalue weighted by atomic mass is 35.5. The lowest BCUT2D eigenvalue weighted by Gasteiger charge is -2.17. The minimum atomic E-state index is -0.131. The topological polar surface area (TPSA) is 56.3 Å². The van der Waals surface area contributed by atoms with Crippen LogP contribution in [0.2, 0.25) is 0 Å². The van der Waals surface area contributed by atoms with Crippen molar-refractivity contribution in [2.24, 2.45) is 0 Å². The summed E-state index contributed by atoms with van der Waals surface area (Å²) in [4.78, 5) is 18.8. The number of phenolic OH excluding ortho intramolecular Hbond substituents is 1. The Balaban J connectivity index is 1.47. The first-order valence-corrected chi connectivity index (χ1v) is 11.5. The summed E-state index contributed by atoms with van der Waals surface area (Å²) in [5.74, 6) is 0.436. The molecule has 1 amide bonds. The number of nitrogens with zero attached hydrogens (tertiary/aromatic N) is 1. The van der Waals surface area contributed by atoms with Crippen LogP contribution in [0.15, 0.2) is 84.9 Å². The van der Waals surface area contributed by atoms with Gasteiger partial charge in [0, 0.05) is 40.7 Å². The maximum Gasteiger partial charge on any atom is 0.274 e. The zero-order valence-electron chi connectivity index (χ0n) is 17.8. The summed E-state index contributed by atoms with van der Waals surface area (Å²) in [6, 6.07) is 27.5. The highest BCUT2D eigenvalue weighted by molar-refractivity contribution is 6.19. The van der Waals surface area contributed by atoms with Gasteiger partial charge in [0.05, 0.1) is 5.69 Å². The van der Waals surface area contributed by atoms with E-state index in [0.29, 0.717) is 18.1 Å². The van der Waals surface area contributed by atoms with E-state index in [1.807, 2.05) is 60.7 Å². The first kappa shape index (κ1) is 19.9. The fourth-order valence-corrected chi connectivity index (χ4v) is 5.28. The van der Waals surface area contributed by atoms with Crippen molar-refractivity contribution in [2.75, 3.05) is 17.3 Å². The van der Waals surface area contributed by atoms with Crippen LogP contribution in [0, 0.1) is 0 Å². The number of amides is 1. The van der Waals surface area contributed by atoms with Gasteiger partial charge in [0.25, 0.3) is 5.91 Å². The van der Waals surface area contributed by atoms with Gasteiger partial charge in [-0.1, -0.05) is 66.7 Å². The minimum Gasteiger partial charge on any atom is -0.507 e. The summed E-state index contributed by atoms with van der Waals surface area (Å²) in [6.45, 7) is 0.478. The second-order valence-electron chi connectivity index (χ2n) is 8.46. The third-order valence-corrected chi connectivity index (χ3v) is 6.93. The highest BCUT2D eigenvalue weighted by Crippen LogP contribution is 2.45. The Morgan fingerprint density at radius 2 is 1.70 bits per heavy atom. The predicted octanol–water partition coefficient (Wildman–Crippen LogP) is 6.68. The molecule has 6 rings (SSSR count). The predicted molar refractivity (Wildman–Crippen MR) is 134 cm³/mol. The number of halogens is 1. The first-order valence-electron chi connectivity index (χ1n) is 11.0. The van der Waals surface area contributed by atoms with Crippen LogP contribution in [0.4, 0.5) is 5.69 Å². The van der Waals surface area contributed by atoms with Crippen molar-refractivity contribution >= 4 is 44.9 Å². The van der Waals surface area contributed by atoms with Crippen molar-refractivity contribution in [3.8, 4) is 16.9 Å². The molecule has 5 aromatic rings. The van der Waals surface area contributed by atoms with Crippen molar-refractivity contribution in [1.82, 2.24) is 4.98 Å². The number of carbonyl (C=O) groups is 1. The fourth-order valence-electron chi connectivity index (χ4n) is 5.03. The molecule has 1 aliphatic rings. The summed E-state index contributed by atoms with van der Waals surface area (Å²) in [7, 11) is 0. The average molecular weight is 453 g/mol. The number of carbonyl (C=O) groups excluding carboxylic acids is 1. The third-order valence-electron chi connectivity index (χ3n) is 6.56. The smallest absolute Gasteiger partial charge is 0.274 e.